The second-order valence-electron chi connectivity index (χ2n) is 4.42. The molecular formula is C16H11F4NO2. The molecule has 0 spiro atoms. The van der Waals surface area contributed by atoms with Crippen LogP contribution in [0.15, 0.2) is 60.8 Å². The normalized spacial score (nSPS) is 11.5. The quantitative estimate of drug-likeness (QED) is 0.498. The molecule has 23 heavy (non-hydrogen) atoms. The monoisotopic (exact) mass is 325 g/mol. The van der Waals surface area contributed by atoms with Crippen LogP contribution in [-0.2, 0) is 0 Å². The predicted molar refractivity (Wildman–Crippen MR) is 76.6 cm³/mol. The zero-order valence-electron chi connectivity index (χ0n) is 11.6. The lowest BCUT2D eigenvalue weighted by atomic mass is 10.1. The summed E-state index contributed by atoms with van der Waals surface area (Å²) in [5.74, 6) is -1.12. The number of ketones is 1. The highest BCUT2D eigenvalue weighted by molar-refractivity contribution is 6.04. The number of alkyl halides is 3. The number of hydrogen-bond acceptors (Lipinski definition) is 3. The maximum absolute atomic E-state index is 12.7. The van der Waals surface area contributed by atoms with Crippen LogP contribution in [0.5, 0.6) is 5.75 Å². The van der Waals surface area contributed by atoms with Gasteiger partial charge in [0.1, 0.15) is 11.6 Å². The van der Waals surface area contributed by atoms with E-state index in [9.17, 15) is 22.4 Å². The van der Waals surface area contributed by atoms with Gasteiger partial charge in [0.05, 0.1) is 0 Å². The maximum atomic E-state index is 12.7. The first-order valence-electron chi connectivity index (χ1n) is 6.42. The molecule has 2 aromatic rings. The van der Waals surface area contributed by atoms with Crippen LogP contribution in [0.25, 0.3) is 0 Å². The Morgan fingerprint density at radius 2 is 1.61 bits per heavy atom. The van der Waals surface area contributed by atoms with E-state index in [0.717, 1.165) is 12.1 Å². The van der Waals surface area contributed by atoms with Crippen LogP contribution < -0.4 is 10.1 Å². The minimum absolute atomic E-state index is 0.318. The fourth-order valence-electron chi connectivity index (χ4n) is 1.68. The lowest BCUT2D eigenvalue weighted by molar-refractivity contribution is -0.274. The molecule has 7 heteroatoms. The number of carbonyl (C=O) groups is 1. The van der Waals surface area contributed by atoms with Crippen molar-refractivity contribution in [3.8, 4) is 5.75 Å². The van der Waals surface area contributed by atoms with E-state index in [4.69, 9.17) is 0 Å². The van der Waals surface area contributed by atoms with Crippen LogP contribution in [0, 0.1) is 5.82 Å². The summed E-state index contributed by atoms with van der Waals surface area (Å²) in [6, 6.07) is 10.1. The fraction of sp³-hybridized carbons (Fsp3) is 0.0625. The molecule has 0 radical (unpaired) electrons. The maximum Gasteiger partial charge on any atom is 0.573 e. The number of rotatable bonds is 5. The number of hydrogen-bond donors (Lipinski definition) is 1. The number of halogens is 4. The number of carbonyl (C=O) groups excluding carboxylic acids is 1. The smallest absolute Gasteiger partial charge is 0.406 e. The van der Waals surface area contributed by atoms with Crippen LogP contribution in [0.1, 0.15) is 10.4 Å². The highest BCUT2D eigenvalue weighted by Crippen LogP contribution is 2.23. The van der Waals surface area contributed by atoms with Crippen LogP contribution >= 0.6 is 0 Å². The molecule has 0 saturated carbocycles. The van der Waals surface area contributed by atoms with Crippen molar-refractivity contribution >= 4 is 11.5 Å². The molecule has 0 amide bonds. The summed E-state index contributed by atoms with van der Waals surface area (Å²) in [4.78, 5) is 11.8. The molecule has 0 saturated heterocycles. The number of ether oxygens (including phenoxy) is 1. The van der Waals surface area contributed by atoms with Crippen LogP contribution in [0.4, 0.5) is 23.2 Å². The number of nitrogens with one attached hydrogen (secondary N) is 1. The van der Waals surface area contributed by atoms with E-state index in [1.807, 2.05) is 0 Å². The van der Waals surface area contributed by atoms with Crippen molar-refractivity contribution < 1.29 is 27.1 Å². The second-order valence-corrected chi connectivity index (χ2v) is 4.42. The summed E-state index contributed by atoms with van der Waals surface area (Å²) >= 11 is 0. The topological polar surface area (TPSA) is 38.3 Å². The highest BCUT2D eigenvalue weighted by atomic mass is 19.4. The van der Waals surface area contributed by atoms with E-state index >= 15 is 0 Å². The summed E-state index contributed by atoms with van der Waals surface area (Å²) in [6.07, 6.45) is -2.17. The van der Waals surface area contributed by atoms with E-state index in [1.165, 1.54) is 48.7 Å². The Bertz CT molecular complexity index is 692. The largest absolute Gasteiger partial charge is 0.573 e. The van der Waals surface area contributed by atoms with E-state index in [0.29, 0.717) is 11.3 Å². The first kappa shape index (κ1) is 16.5. The molecule has 0 atom stereocenters. The predicted octanol–water partition coefficient (Wildman–Crippen LogP) is 4.53. The Kier molecular flexibility index (Phi) is 5.00. The first-order valence-corrected chi connectivity index (χ1v) is 6.42. The lowest BCUT2D eigenvalue weighted by Gasteiger charge is -2.09. The Morgan fingerprint density at radius 1 is 1.00 bits per heavy atom. The standard InChI is InChI=1S/C16H11F4NO2/c17-12-3-1-11(2-4-12)15(22)9-10-21-13-5-7-14(8-6-13)23-16(18,19)20/h1-10,21H/b10-9-. The molecule has 0 aliphatic heterocycles. The summed E-state index contributed by atoms with van der Waals surface area (Å²) in [5.41, 5.74) is 0.793. The third-order valence-corrected chi connectivity index (χ3v) is 2.70. The van der Waals surface area contributed by atoms with Gasteiger partial charge in [-0.2, -0.15) is 0 Å². The van der Waals surface area contributed by atoms with Crippen molar-refractivity contribution in [3.05, 3.63) is 72.2 Å². The number of benzene rings is 2. The number of allylic oxidation sites excluding steroid dienone is 1. The van der Waals surface area contributed by atoms with Gasteiger partial charge < -0.3 is 10.1 Å². The van der Waals surface area contributed by atoms with E-state index < -0.39 is 12.2 Å². The Balaban J connectivity index is 1.92. The molecule has 1 N–H and O–H groups in total. The molecular weight excluding hydrogens is 314 g/mol. The van der Waals surface area contributed by atoms with E-state index in [1.54, 1.807) is 0 Å². The van der Waals surface area contributed by atoms with Crippen molar-refractivity contribution in [3.63, 3.8) is 0 Å². The molecule has 2 rings (SSSR count). The Morgan fingerprint density at radius 3 is 2.17 bits per heavy atom. The SMILES string of the molecule is O=C(/C=C\Nc1ccc(OC(F)(F)F)cc1)c1ccc(F)cc1. The molecule has 0 fully saturated rings. The van der Waals surface area contributed by atoms with Gasteiger partial charge in [-0.25, -0.2) is 4.39 Å². The van der Waals surface area contributed by atoms with Gasteiger partial charge >= 0.3 is 6.36 Å². The van der Waals surface area contributed by atoms with Gasteiger partial charge in [-0.1, -0.05) is 0 Å². The van der Waals surface area contributed by atoms with Gasteiger partial charge in [0.2, 0.25) is 0 Å². The Hall–Kier alpha value is -2.83. The minimum Gasteiger partial charge on any atom is -0.406 e. The molecule has 3 nitrogen and oxygen atoms in total. The van der Waals surface area contributed by atoms with Gasteiger partial charge in [-0.05, 0) is 48.5 Å². The molecule has 0 aliphatic rings. The summed E-state index contributed by atoms with van der Waals surface area (Å²) in [7, 11) is 0. The molecule has 0 aromatic heterocycles. The first-order chi connectivity index (χ1) is 10.8. The summed E-state index contributed by atoms with van der Waals surface area (Å²) in [5, 5.41) is 2.73. The van der Waals surface area contributed by atoms with Gasteiger partial charge in [0.25, 0.3) is 0 Å². The minimum atomic E-state index is -4.74. The fourth-order valence-corrected chi connectivity index (χ4v) is 1.68. The second kappa shape index (κ2) is 6.95. The molecule has 0 bridgehead atoms. The van der Waals surface area contributed by atoms with E-state index in [-0.39, 0.29) is 11.5 Å². The molecule has 0 heterocycles. The lowest BCUT2D eigenvalue weighted by Crippen LogP contribution is -2.16. The summed E-state index contributed by atoms with van der Waals surface area (Å²) in [6.45, 7) is 0. The van der Waals surface area contributed by atoms with Crippen LogP contribution in [-0.4, -0.2) is 12.1 Å². The molecule has 0 aliphatic carbocycles. The van der Waals surface area contributed by atoms with Crippen molar-refractivity contribution in [1.29, 1.82) is 0 Å². The van der Waals surface area contributed by atoms with Crippen molar-refractivity contribution in [2.75, 3.05) is 5.32 Å². The van der Waals surface area contributed by atoms with Crippen LogP contribution in [0.3, 0.4) is 0 Å². The third kappa shape index (κ3) is 5.46. The average molecular weight is 325 g/mol. The van der Waals surface area contributed by atoms with Gasteiger partial charge in [-0.15, -0.1) is 13.2 Å². The van der Waals surface area contributed by atoms with Gasteiger partial charge in [0.15, 0.2) is 5.78 Å². The molecule has 0 unspecified atom stereocenters. The van der Waals surface area contributed by atoms with Gasteiger partial charge in [0, 0.05) is 23.5 Å². The zero-order valence-corrected chi connectivity index (χ0v) is 11.6. The third-order valence-electron chi connectivity index (χ3n) is 2.70. The summed E-state index contributed by atoms with van der Waals surface area (Å²) < 4.78 is 52.5. The number of anilines is 1. The average Bonchev–Trinajstić information content (AvgIpc) is 2.48. The van der Waals surface area contributed by atoms with E-state index in [2.05, 4.69) is 10.1 Å². The van der Waals surface area contributed by atoms with Crippen molar-refractivity contribution in [2.24, 2.45) is 0 Å². The highest BCUT2D eigenvalue weighted by Gasteiger charge is 2.30. The van der Waals surface area contributed by atoms with Crippen molar-refractivity contribution in [1.82, 2.24) is 0 Å². The zero-order chi connectivity index (χ0) is 16.9. The van der Waals surface area contributed by atoms with Crippen LogP contribution in [0.2, 0.25) is 0 Å². The Labute approximate surface area is 129 Å². The van der Waals surface area contributed by atoms with Gasteiger partial charge in [-0.3, -0.25) is 4.79 Å². The molecule has 2 aromatic carbocycles. The molecule has 120 valence electrons. The van der Waals surface area contributed by atoms with Crippen molar-refractivity contribution in [2.45, 2.75) is 6.36 Å².